The molecule has 8 N–H and O–H groups in total. The lowest BCUT2D eigenvalue weighted by Crippen LogP contribution is -2.63. The van der Waals surface area contributed by atoms with Crippen LogP contribution in [0.15, 0.2) is 53.3 Å². The van der Waals surface area contributed by atoms with Crippen molar-refractivity contribution < 1.29 is 54.2 Å². The van der Waals surface area contributed by atoms with E-state index in [1.807, 2.05) is 0 Å². The first-order valence-electron chi connectivity index (χ1n) is 12.5. The number of rotatable bonds is 4. The van der Waals surface area contributed by atoms with Gasteiger partial charge in [-0.05, 0) is 41.8 Å². The number of hydrogen-bond acceptors (Lipinski definition) is 11. The fourth-order valence-electron chi connectivity index (χ4n) is 5.98. The number of phenols is 1. The minimum atomic E-state index is -2.94. The van der Waals surface area contributed by atoms with Crippen LogP contribution in [0, 0.1) is 11.8 Å². The summed E-state index contributed by atoms with van der Waals surface area (Å²) in [7, 11) is 1.48. The average Bonchev–Trinajstić information content (AvgIpc) is 2.92. The van der Waals surface area contributed by atoms with Gasteiger partial charge >= 0.3 is 6.09 Å². The minimum absolute atomic E-state index is 0.168. The highest BCUT2D eigenvalue weighted by atomic mass is 16.6. The van der Waals surface area contributed by atoms with Crippen LogP contribution in [0.5, 0.6) is 17.2 Å². The Morgan fingerprint density at radius 2 is 1.68 bits per heavy atom. The van der Waals surface area contributed by atoms with Crippen molar-refractivity contribution in [2.75, 3.05) is 12.4 Å². The summed E-state index contributed by atoms with van der Waals surface area (Å²) in [6.45, 7) is 1.59. The van der Waals surface area contributed by atoms with Crippen LogP contribution in [0.25, 0.3) is 5.76 Å². The Morgan fingerprint density at radius 1 is 1.05 bits per heavy atom. The molecule has 214 valence electrons. The van der Waals surface area contributed by atoms with E-state index in [1.54, 1.807) is 19.1 Å². The standard InChI is InChI=1S/C28H26N2O11/c1-10-13-7-8-15(30-27(38)41-12-5-3-11(40-2)4-6-12)22(33)18(13)23(34)20-17(10)21(32)14-9-16(31)19(26(29)37)24(35)28(14,39)25(20)36/h3-8,10,14,17,21,32-35,39H,9H2,1-2H3,(H2,29,37)(H,30,38)/t10-,14+,17+,21+,28+/m0/s1. The Labute approximate surface area is 232 Å². The van der Waals surface area contributed by atoms with Gasteiger partial charge in [0.05, 0.1) is 24.5 Å². The summed E-state index contributed by atoms with van der Waals surface area (Å²) in [4.78, 5) is 50.6. The number of ketones is 2. The predicted octanol–water partition coefficient (Wildman–Crippen LogP) is 1.58. The van der Waals surface area contributed by atoms with Crippen molar-refractivity contribution in [3.05, 3.63) is 64.4 Å². The maximum Gasteiger partial charge on any atom is 0.417 e. The summed E-state index contributed by atoms with van der Waals surface area (Å²) in [5.74, 6) is -9.13. The molecule has 3 aliphatic rings. The number of carbonyl (C=O) groups is 4. The zero-order chi connectivity index (χ0) is 30.0. The molecule has 0 aromatic heterocycles. The van der Waals surface area contributed by atoms with Gasteiger partial charge in [0, 0.05) is 23.8 Å². The summed E-state index contributed by atoms with van der Waals surface area (Å²) in [6.07, 6.45) is -3.29. The molecule has 0 radical (unpaired) electrons. The topological polar surface area (TPSA) is 226 Å². The number of fused-ring (bicyclic) bond motifs is 3. The van der Waals surface area contributed by atoms with E-state index in [2.05, 4.69) is 5.32 Å². The van der Waals surface area contributed by atoms with Crippen LogP contribution in [0.3, 0.4) is 0 Å². The van der Waals surface area contributed by atoms with Gasteiger partial charge in [0.1, 0.15) is 34.3 Å². The molecule has 0 bridgehead atoms. The van der Waals surface area contributed by atoms with Gasteiger partial charge in [0.2, 0.25) is 5.78 Å². The van der Waals surface area contributed by atoms with E-state index < -0.39 is 87.9 Å². The first-order chi connectivity index (χ1) is 19.3. The number of amides is 2. The van der Waals surface area contributed by atoms with E-state index in [9.17, 15) is 44.7 Å². The van der Waals surface area contributed by atoms with E-state index >= 15 is 0 Å². The van der Waals surface area contributed by atoms with Crippen molar-refractivity contribution in [2.24, 2.45) is 17.6 Å². The third kappa shape index (κ3) is 4.00. The monoisotopic (exact) mass is 566 g/mol. The molecular formula is C28H26N2O11. The molecule has 3 aliphatic carbocycles. The summed E-state index contributed by atoms with van der Waals surface area (Å²) in [5.41, 5.74) is 0.568. The molecular weight excluding hydrogens is 540 g/mol. The average molecular weight is 567 g/mol. The number of methoxy groups -OCH3 is 1. The van der Waals surface area contributed by atoms with Crippen molar-refractivity contribution in [3.8, 4) is 17.2 Å². The number of nitrogens with one attached hydrogen (secondary N) is 1. The molecule has 0 aliphatic heterocycles. The third-order valence-corrected chi connectivity index (χ3v) is 8.01. The number of benzene rings is 2. The van der Waals surface area contributed by atoms with Crippen LogP contribution in [0.1, 0.15) is 30.4 Å². The fraction of sp³-hybridized carbons (Fsp3) is 0.286. The number of hydrogen-bond donors (Lipinski definition) is 7. The second-order valence-corrected chi connectivity index (χ2v) is 10.1. The van der Waals surface area contributed by atoms with Gasteiger partial charge in [-0.2, -0.15) is 0 Å². The number of anilines is 1. The quantitative estimate of drug-likeness (QED) is 0.208. The molecule has 0 saturated heterocycles. The van der Waals surface area contributed by atoms with Crippen LogP contribution in [0.2, 0.25) is 0 Å². The van der Waals surface area contributed by atoms with Crippen molar-refractivity contribution in [1.29, 1.82) is 0 Å². The van der Waals surface area contributed by atoms with Gasteiger partial charge in [-0.1, -0.05) is 13.0 Å². The highest BCUT2D eigenvalue weighted by Gasteiger charge is 2.64. The molecule has 5 atom stereocenters. The van der Waals surface area contributed by atoms with Gasteiger partial charge in [-0.3, -0.25) is 19.7 Å². The molecule has 2 aromatic rings. The van der Waals surface area contributed by atoms with Gasteiger partial charge < -0.3 is 40.7 Å². The number of primary amides is 1. The largest absolute Gasteiger partial charge is 0.508 e. The lowest BCUT2D eigenvalue weighted by molar-refractivity contribution is -0.160. The number of nitrogens with two attached hydrogens (primary N) is 1. The summed E-state index contributed by atoms with van der Waals surface area (Å²) in [5, 5.41) is 58.0. The molecule has 41 heavy (non-hydrogen) atoms. The van der Waals surface area contributed by atoms with E-state index in [1.165, 1.54) is 31.4 Å². The lowest BCUT2D eigenvalue weighted by atomic mass is 9.55. The maximum absolute atomic E-state index is 13.7. The normalized spacial score (nSPS) is 27.0. The number of ether oxygens (including phenoxy) is 2. The number of aliphatic hydroxyl groups excluding tert-OH is 3. The van der Waals surface area contributed by atoms with Crippen LogP contribution in [-0.2, 0) is 14.4 Å². The Kier molecular flexibility index (Phi) is 6.51. The second-order valence-electron chi connectivity index (χ2n) is 10.1. The molecule has 1 saturated carbocycles. The van der Waals surface area contributed by atoms with E-state index in [0.29, 0.717) is 11.3 Å². The van der Waals surface area contributed by atoms with Crippen molar-refractivity contribution in [2.45, 2.75) is 31.0 Å². The molecule has 0 unspecified atom stereocenters. The lowest BCUT2D eigenvalue weighted by Gasteiger charge is -2.50. The van der Waals surface area contributed by atoms with Crippen LogP contribution in [0.4, 0.5) is 10.5 Å². The molecule has 13 nitrogen and oxygen atoms in total. The predicted molar refractivity (Wildman–Crippen MR) is 140 cm³/mol. The fourth-order valence-corrected chi connectivity index (χ4v) is 5.98. The van der Waals surface area contributed by atoms with Crippen molar-refractivity contribution in [3.63, 3.8) is 0 Å². The number of Topliss-reactive ketones (excluding diaryl/α,β-unsaturated/α-hetero) is 2. The number of carbonyl (C=O) groups excluding carboxylic acids is 4. The third-order valence-electron chi connectivity index (χ3n) is 8.01. The molecule has 2 amide bonds. The Bertz CT molecular complexity index is 1580. The maximum atomic E-state index is 13.7. The van der Waals surface area contributed by atoms with E-state index in [4.69, 9.17) is 15.2 Å². The summed E-state index contributed by atoms with van der Waals surface area (Å²) >= 11 is 0. The van der Waals surface area contributed by atoms with Gasteiger partial charge in [0.15, 0.2) is 11.4 Å². The molecule has 0 spiro atoms. The van der Waals surface area contributed by atoms with Gasteiger partial charge in [-0.25, -0.2) is 4.79 Å². The highest BCUT2D eigenvalue weighted by molar-refractivity contribution is 6.23. The van der Waals surface area contributed by atoms with Crippen LogP contribution >= 0.6 is 0 Å². The van der Waals surface area contributed by atoms with E-state index in [0.717, 1.165) is 0 Å². The SMILES string of the molecule is COc1ccc(OC(=O)Nc2ccc3c(c2O)C(O)=C2C(=O)[C@]4(O)C(O)=C(C(N)=O)C(=O)C[C@@H]4[C@@H](O)[C@@H]2[C@H]3C)cc1. The zero-order valence-corrected chi connectivity index (χ0v) is 21.7. The number of phenolic OH excluding ortho intramolecular Hbond substituents is 1. The minimum Gasteiger partial charge on any atom is -0.508 e. The second kappa shape index (κ2) is 9.64. The molecule has 5 rings (SSSR count). The first-order valence-corrected chi connectivity index (χ1v) is 12.5. The van der Waals surface area contributed by atoms with E-state index in [-0.39, 0.29) is 17.0 Å². The number of aromatic hydroxyl groups is 1. The highest BCUT2D eigenvalue weighted by Crippen LogP contribution is 2.56. The van der Waals surface area contributed by atoms with Gasteiger partial charge in [-0.15, -0.1) is 0 Å². The number of aliphatic hydroxyl groups is 4. The Morgan fingerprint density at radius 3 is 2.29 bits per heavy atom. The smallest absolute Gasteiger partial charge is 0.417 e. The molecule has 0 heterocycles. The molecule has 2 aromatic carbocycles. The summed E-state index contributed by atoms with van der Waals surface area (Å²) < 4.78 is 10.2. The van der Waals surface area contributed by atoms with Crippen LogP contribution in [-0.4, -0.2) is 67.9 Å². The van der Waals surface area contributed by atoms with Gasteiger partial charge in [0.25, 0.3) is 5.91 Å². The Hall–Kier alpha value is -4.88. The van der Waals surface area contributed by atoms with Crippen molar-refractivity contribution in [1.82, 2.24) is 0 Å². The Balaban J connectivity index is 1.55. The molecule has 1 fully saturated rings. The molecule has 13 heteroatoms. The van der Waals surface area contributed by atoms with Crippen molar-refractivity contribution >= 4 is 35.0 Å². The first kappa shape index (κ1) is 27.7. The summed E-state index contributed by atoms with van der Waals surface area (Å²) in [6, 6.07) is 8.89. The van der Waals surface area contributed by atoms with Crippen LogP contribution < -0.4 is 20.5 Å². The zero-order valence-electron chi connectivity index (χ0n) is 21.7.